The summed E-state index contributed by atoms with van der Waals surface area (Å²) in [4.78, 5) is 15.0. The molecule has 0 amide bonds. The van der Waals surface area contributed by atoms with E-state index >= 15 is 0 Å². The molecule has 0 radical (unpaired) electrons. The number of hydrogen-bond acceptors (Lipinski definition) is 4. The lowest BCUT2D eigenvalue weighted by Gasteiger charge is -2.25. The molecule has 1 aliphatic carbocycles. The van der Waals surface area contributed by atoms with Crippen LogP contribution in [0.1, 0.15) is 42.6 Å². The second-order valence-corrected chi connectivity index (χ2v) is 7.37. The molecule has 6 nitrogen and oxygen atoms in total. The molecule has 0 bridgehead atoms. The summed E-state index contributed by atoms with van der Waals surface area (Å²) in [7, 11) is 1.99. The standard InChI is InChI=1S/C19H27N5O/c1-22-16(8-10-20-22)9-12-23-11-4-6-17(23)14-24-19(25)13-15-5-2-3-7-18(15)21-24/h8,10,13,17H,2-7,9,11-12,14H2,1H3. The normalized spacial score (nSPS) is 20.8. The van der Waals surface area contributed by atoms with Crippen molar-refractivity contribution in [2.45, 2.75) is 57.5 Å². The zero-order chi connectivity index (χ0) is 17.2. The molecular weight excluding hydrogens is 314 g/mol. The Kier molecular flexibility index (Phi) is 4.70. The van der Waals surface area contributed by atoms with Gasteiger partial charge in [0.15, 0.2) is 0 Å². The predicted molar refractivity (Wildman–Crippen MR) is 96.6 cm³/mol. The fraction of sp³-hybridized carbons (Fsp3) is 0.632. The number of fused-ring (bicyclic) bond motifs is 1. The number of hydrogen-bond donors (Lipinski definition) is 0. The van der Waals surface area contributed by atoms with Crippen LogP contribution in [0.2, 0.25) is 0 Å². The van der Waals surface area contributed by atoms with Crippen molar-refractivity contribution in [2.24, 2.45) is 7.05 Å². The van der Waals surface area contributed by atoms with Crippen molar-refractivity contribution in [2.75, 3.05) is 13.1 Å². The third kappa shape index (κ3) is 3.54. The lowest BCUT2D eigenvalue weighted by Crippen LogP contribution is -2.38. The van der Waals surface area contributed by atoms with Crippen molar-refractivity contribution in [1.29, 1.82) is 0 Å². The highest BCUT2D eigenvalue weighted by Crippen LogP contribution is 2.20. The highest BCUT2D eigenvalue weighted by Gasteiger charge is 2.26. The molecular formula is C19H27N5O. The van der Waals surface area contributed by atoms with Crippen LogP contribution in [0.4, 0.5) is 0 Å². The topological polar surface area (TPSA) is 56.0 Å². The minimum atomic E-state index is 0.0686. The molecule has 3 heterocycles. The summed E-state index contributed by atoms with van der Waals surface area (Å²) in [6.45, 7) is 2.85. The van der Waals surface area contributed by atoms with Gasteiger partial charge in [0, 0.05) is 44.0 Å². The van der Waals surface area contributed by atoms with Gasteiger partial charge in [-0.05, 0) is 56.7 Å². The Labute approximate surface area is 148 Å². The Morgan fingerprint density at radius 1 is 1.24 bits per heavy atom. The van der Waals surface area contributed by atoms with Gasteiger partial charge in [0.1, 0.15) is 0 Å². The zero-order valence-corrected chi connectivity index (χ0v) is 15.0. The van der Waals surface area contributed by atoms with Crippen LogP contribution >= 0.6 is 0 Å². The fourth-order valence-electron chi connectivity index (χ4n) is 4.23. The molecule has 25 heavy (non-hydrogen) atoms. The summed E-state index contributed by atoms with van der Waals surface area (Å²) < 4.78 is 3.66. The first-order chi connectivity index (χ1) is 12.2. The van der Waals surface area contributed by atoms with Gasteiger partial charge in [0.2, 0.25) is 0 Å². The van der Waals surface area contributed by atoms with Crippen LogP contribution in [0.5, 0.6) is 0 Å². The minimum Gasteiger partial charge on any atom is -0.298 e. The van der Waals surface area contributed by atoms with Gasteiger partial charge < -0.3 is 0 Å². The van der Waals surface area contributed by atoms with E-state index in [2.05, 4.69) is 16.1 Å². The van der Waals surface area contributed by atoms with Crippen LogP contribution in [0.3, 0.4) is 0 Å². The first kappa shape index (κ1) is 16.5. The summed E-state index contributed by atoms with van der Waals surface area (Å²) in [5.74, 6) is 0. The summed E-state index contributed by atoms with van der Waals surface area (Å²) in [6.07, 6.45) is 9.61. The second-order valence-electron chi connectivity index (χ2n) is 7.37. The van der Waals surface area contributed by atoms with Gasteiger partial charge in [-0.3, -0.25) is 14.4 Å². The van der Waals surface area contributed by atoms with Crippen molar-refractivity contribution in [1.82, 2.24) is 24.5 Å². The van der Waals surface area contributed by atoms with Crippen molar-refractivity contribution in [3.63, 3.8) is 0 Å². The molecule has 2 aromatic rings. The van der Waals surface area contributed by atoms with E-state index in [-0.39, 0.29) is 5.56 Å². The molecule has 0 saturated carbocycles. The highest BCUT2D eigenvalue weighted by atomic mass is 16.1. The summed E-state index contributed by atoms with van der Waals surface area (Å²) >= 11 is 0. The molecule has 1 aliphatic heterocycles. The molecule has 0 N–H and O–H groups in total. The van der Waals surface area contributed by atoms with Gasteiger partial charge in [0.05, 0.1) is 12.2 Å². The Bertz CT molecular complexity index is 793. The summed E-state index contributed by atoms with van der Waals surface area (Å²) in [5.41, 5.74) is 3.64. The maximum absolute atomic E-state index is 12.4. The first-order valence-corrected chi connectivity index (χ1v) is 9.51. The molecule has 0 spiro atoms. The molecule has 2 aromatic heterocycles. The van der Waals surface area contributed by atoms with Crippen molar-refractivity contribution in [3.8, 4) is 0 Å². The molecule has 1 saturated heterocycles. The molecule has 0 aromatic carbocycles. The monoisotopic (exact) mass is 341 g/mol. The van der Waals surface area contributed by atoms with Crippen LogP contribution in [0, 0.1) is 0 Å². The van der Waals surface area contributed by atoms with Gasteiger partial charge >= 0.3 is 0 Å². The van der Waals surface area contributed by atoms with Crippen LogP contribution in [0.15, 0.2) is 23.1 Å². The van der Waals surface area contributed by atoms with Gasteiger partial charge in [-0.15, -0.1) is 0 Å². The summed E-state index contributed by atoms with van der Waals surface area (Å²) in [5, 5.41) is 8.94. The zero-order valence-electron chi connectivity index (χ0n) is 15.0. The lowest BCUT2D eigenvalue weighted by atomic mass is 9.97. The Morgan fingerprint density at radius 2 is 2.12 bits per heavy atom. The largest absolute Gasteiger partial charge is 0.298 e. The van der Waals surface area contributed by atoms with Gasteiger partial charge in [0.25, 0.3) is 5.56 Å². The van der Waals surface area contributed by atoms with E-state index in [0.29, 0.717) is 6.04 Å². The average Bonchev–Trinajstić information content (AvgIpc) is 3.22. The number of aromatic nitrogens is 4. The van der Waals surface area contributed by atoms with Crippen LogP contribution in [0.25, 0.3) is 0 Å². The lowest BCUT2D eigenvalue weighted by molar-refractivity contribution is 0.225. The van der Waals surface area contributed by atoms with E-state index in [0.717, 1.165) is 51.0 Å². The number of likely N-dealkylation sites (tertiary alicyclic amines) is 1. The Morgan fingerprint density at radius 3 is 2.96 bits per heavy atom. The van der Waals surface area contributed by atoms with Gasteiger partial charge in [-0.25, -0.2) is 4.68 Å². The maximum Gasteiger partial charge on any atom is 0.267 e. The predicted octanol–water partition coefficient (Wildman–Crippen LogP) is 1.56. The SMILES string of the molecule is Cn1nccc1CCN1CCCC1Cn1nc2c(cc1=O)CCCC2. The van der Waals surface area contributed by atoms with Gasteiger partial charge in [-0.1, -0.05) is 0 Å². The number of rotatable bonds is 5. The Balaban J connectivity index is 1.44. The smallest absolute Gasteiger partial charge is 0.267 e. The van der Waals surface area contributed by atoms with E-state index in [1.54, 1.807) is 4.68 Å². The first-order valence-electron chi connectivity index (χ1n) is 9.51. The number of aryl methyl sites for hydroxylation is 3. The molecule has 1 atom stereocenters. The minimum absolute atomic E-state index is 0.0686. The quantitative estimate of drug-likeness (QED) is 0.828. The summed E-state index contributed by atoms with van der Waals surface area (Å²) in [6, 6.07) is 4.33. The third-order valence-electron chi connectivity index (χ3n) is 5.73. The van der Waals surface area contributed by atoms with Crippen molar-refractivity contribution >= 4 is 0 Å². The van der Waals surface area contributed by atoms with Crippen molar-refractivity contribution < 1.29 is 0 Å². The third-order valence-corrected chi connectivity index (χ3v) is 5.73. The van der Waals surface area contributed by atoms with Crippen LogP contribution in [-0.2, 0) is 32.9 Å². The average molecular weight is 341 g/mol. The van der Waals surface area contributed by atoms with Crippen molar-refractivity contribution in [3.05, 3.63) is 45.6 Å². The molecule has 134 valence electrons. The highest BCUT2D eigenvalue weighted by molar-refractivity contribution is 5.20. The fourth-order valence-corrected chi connectivity index (χ4v) is 4.23. The van der Waals surface area contributed by atoms with E-state index in [1.807, 2.05) is 24.0 Å². The Hall–Kier alpha value is -1.95. The van der Waals surface area contributed by atoms with E-state index in [4.69, 9.17) is 5.10 Å². The van der Waals surface area contributed by atoms with E-state index in [1.165, 1.54) is 30.5 Å². The molecule has 6 heteroatoms. The molecule has 2 aliphatic rings. The van der Waals surface area contributed by atoms with E-state index < -0.39 is 0 Å². The number of nitrogens with zero attached hydrogens (tertiary/aromatic N) is 5. The van der Waals surface area contributed by atoms with Gasteiger partial charge in [-0.2, -0.15) is 10.2 Å². The molecule has 1 fully saturated rings. The molecule has 4 rings (SSSR count). The molecule has 1 unspecified atom stereocenters. The maximum atomic E-state index is 12.4. The second kappa shape index (κ2) is 7.12. The van der Waals surface area contributed by atoms with Crippen LogP contribution in [-0.4, -0.2) is 43.6 Å². The van der Waals surface area contributed by atoms with Crippen LogP contribution < -0.4 is 5.56 Å². The van der Waals surface area contributed by atoms with E-state index in [9.17, 15) is 4.79 Å².